The van der Waals surface area contributed by atoms with Crippen LogP contribution < -0.4 is 4.74 Å². The molecule has 112 valence electrons. The number of carbonyl (C=O) groups excluding carboxylic acids is 1. The summed E-state index contributed by atoms with van der Waals surface area (Å²) in [6, 6.07) is 15.7. The highest BCUT2D eigenvalue weighted by Crippen LogP contribution is 2.45. The number of methoxy groups -OCH3 is 1. The molecule has 0 saturated carbocycles. The maximum atomic E-state index is 12.0. The normalized spacial score (nSPS) is 20.8. The second kappa shape index (κ2) is 5.68. The number of esters is 1. The smallest absolute Gasteiger partial charge is 0.334 e. The molecule has 2 aromatic carbocycles. The van der Waals surface area contributed by atoms with Crippen molar-refractivity contribution in [3.8, 4) is 5.75 Å². The Labute approximate surface area is 130 Å². The van der Waals surface area contributed by atoms with Crippen molar-refractivity contribution in [2.75, 3.05) is 7.11 Å². The van der Waals surface area contributed by atoms with E-state index in [4.69, 9.17) is 9.47 Å². The first-order valence-corrected chi connectivity index (χ1v) is 7.20. The molecule has 1 aliphatic heterocycles. The molecule has 0 aromatic heterocycles. The number of hydrogen-bond donors (Lipinski definition) is 0. The molecule has 1 saturated heterocycles. The summed E-state index contributed by atoms with van der Waals surface area (Å²) in [5, 5.41) is 0. The van der Waals surface area contributed by atoms with Gasteiger partial charge in [-0.3, -0.25) is 0 Å². The summed E-state index contributed by atoms with van der Waals surface area (Å²) in [7, 11) is 1.63. The molecular weight excluding hydrogens is 276 g/mol. The third-order valence-corrected chi connectivity index (χ3v) is 4.06. The van der Waals surface area contributed by atoms with Gasteiger partial charge >= 0.3 is 5.97 Å². The highest BCUT2D eigenvalue weighted by molar-refractivity contribution is 5.92. The van der Waals surface area contributed by atoms with Crippen molar-refractivity contribution in [2.45, 2.75) is 18.9 Å². The van der Waals surface area contributed by atoms with Gasteiger partial charge in [0, 0.05) is 5.57 Å². The van der Waals surface area contributed by atoms with E-state index in [-0.39, 0.29) is 18.0 Å². The second-order valence-corrected chi connectivity index (χ2v) is 5.51. The van der Waals surface area contributed by atoms with Crippen LogP contribution in [0.25, 0.3) is 0 Å². The monoisotopic (exact) mass is 294 g/mol. The van der Waals surface area contributed by atoms with Gasteiger partial charge in [-0.2, -0.15) is 0 Å². The van der Waals surface area contributed by atoms with Crippen LogP contribution in [0.4, 0.5) is 0 Å². The summed E-state index contributed by atoms with van der Waals surface area (Å²) in [5.41, 5.74) is 3.67. The molecule has 0 spiro atoms. The molecule has 0 aliphatic carbocycles. The maximum absolute atomic E-state index is 12.0. The van der Waals surface area contributed by atoms with E-state index in [2.05, 4.69) is 6.58 Å². The van der Waals surface area contributed by atoms with Gasteiger partial charge in [-0.1, -0.05) is 48.5 Å². The van der Waals surface area contributed by atoms with E-state index in [1.54, 1.807) is 7.11 Å². The van der Waals surface area contributed by atoms with E-state index in [0.717, 1.165) is 16.9 Å². The van der Waals surface area contributed by atoms with E-state index in [9.17, 15) is 4.79 Å². The topological polar surface area (TPSA) is 35.5 Å². The number of ether oxygens (including phenoxy) is 2. The average Bonchev–Trinajstić information content (AvgIpc) is 2.84. The molecule has 3 rings (SSSR count). The Kier molecular flexibility index (Phi) is 3.72. The molecule has 0 amide bonds. The van der Waals surface area contributed by atoms with Gasteiger partial charge in [-0.25, -0.2) is 4.79 Å². The van der Waals surface area contributed by atoms with Gasteiger partial charge in [-0.05, 0) is 30.2 Å². The summed E-state index contributed by atoms with van der Waals surface area (Å²) in [5.74, 6) is 0.298. The average molecular weight is 294 g/mol. The first-order chi connectivity index (χ1) is 10.6. The molecule has 0 radical (unpaired) electrons. The van der Waals surface area contributed by atoms with Gasteiger partial charge < -0.3 is 9.47 Å². The Bertz CT molecular complexity index is 698. The fraction of sp³-hybridized carbons (Fsp3) is 0.211. The van der Waals surface area contributed by atoms with Crippen LogP contribution in [0, 0.1) is 6.92 Å². The molecule has 1 heterocycles. The van der Waals surface area contributed by atoms with E-state index >= 15 is 0 Å². The number of benzene rings is 2. The summed E-state index contributed by atoms with van der Waals surface area (Å²) in [6.07, 6.45) is -0.339. The van der Waals surface area contributed by atoms with Crippen LogP contribution in [0.2, 0.25) is 0 Å². The predicted octanol–water partition coefficient (Wildman–Crippen LogP) is 3.94. The Hall–Kier alpha value is -2.55. The maximum Gasteiger partial charge on any atom is 0.334 e. The van der Waals surface area contributed by atoms with Gasteiger partial charge in [0.15, 0.2) is 0 Å². The number of carbonyl (C=O) groups is 1. The highest BCUT2D eigenvalue weighted by atomic mass is 16.6. The highest BCUT2D eigenvalue weighted by Gasteiger charge is 2.40. The zero-order valence-electron chi connectivity index (χ0n) is 12.7. The summed E-state index contributed by atoms with van der Waals surface area (Å²) < 4.78 is 10.7. The molecule has 1 fully saturated rings. The van der Waals surface area contributed by atoms with Crippen LogP contribution in [0.15, 0.2) is 60.7 Å². The van der Waals surface area contributed by atoms with Crippen LogP contribution in [0.5, 0.6) is 5.75 Å². The van der Waals surface area contributed by atoms with Crippen molar-refractivity contribution in [1.29, 1.82) is 0 Å². The third-order valence-electron chi connectivity index (χ3n) is 4.06. The lowest BCUT2D eigenvalue weighted by molar-refractivity contribution is -0.139. The van der Waals surface area contributed by atoms with Gasteiger partial charge in [0.2, 0.25) is 0 Å². The summed E-state index contributed by atoms with van der Waals surface area (Å²) in [4.78, 5) is 12.0. The Balaban J connectivity index is 1.98. The van der Waals surface area contributed by atoms with Gasteiger partial charge in [0.25, 0.3) is 0 Å². The van der Waals surface area contributed by atoms with Crippen molar-refractivity contribution in [2.24, 2.45) is 0 Å². The van der Waals surface area contributed by atoms with E-state index in [0.29, 0.717) is 5.57 Å². The standard InChI is InChI=1S/C19H18O3/c1-12-4-6-14(7-5-12)17-13(2)19(20)22-18(17)15-8-10-16(21-3)11-9-15/h4-11,17-18H,2H2,1,3H3/t17-,18-/m1/s1. The molecule has 0 N–H and O–H groups in total. The molecule has 1 aliphatic rings. The number of hydrogen-bond acceptors (Lipinski definition) is 3. The van der Waals surface area contributed by atoms with Crippen LogP contribution in [0.1, 0.15) is 28.7 Å². The molecule has 3 nitrogen and oxygen atoms in total. The summed E-state index contributed by atoms with van der Waals surface area (Å²) in [6.45, 7) is 5.96. The molecule has 3 heteroatoms. The van der Waals surface area contributed by atoms with Crippen molar-refractivity contribution in [3.05, 3.63) is 77.4 Å². The molecule has 0 bridgehead atoms. The van der Waals surface area contributed by atoms with Gasteiger partial charge in [-0.15, -0.1) is 0 Å². The second-order valence-electron chi connectivity index (χ2n) is 5.51. The zero-order valence-corrected chi connectivity index (χ0v) is 12.7. The minimum absolute atomic E-state index is 0.151. The predicted molar refractivity (Wildman–Crippen MR) is 84.9 cm³/mol. The van der Waals surface area contributed by atoms with Crippen LogP contribution in [-0.4, -0.2) is 13.1 Å². The largest absolute Gasteiger partial charge is 0.497 e. The lowest BCUT2D eigenvalue weighted by atomic mass is 9.86. The minimum atomic E-state index is -0.339. The molecule has 2 atom stereocenters. The first-order valence-electron chi connectivity index (χ1n) is 7.20. The fourth-order valence-corrected chi connectivity index (χ4v) is 2.77. The first kappa shape index (κ1) is 14.4. The zero-order chi connectivity index (χ0) is 15.7. The van der Waals surface area contributed by atoms with Crippen molar-refractivity contribution in [3.63, 3.8) is 0 Å². The fourth-order valence-electron chi connectivity index (χ4n) is 2.77. The third kappa shape index (κ3) is 2.50. The number of aryl methyl sites for hydroxylation is 1. The molecule has 2 aromatic rings. The van der Waals surface area contributed by atoms with Gasteiger partial charge in [0.1, 0.15) is 11.9 Å². The Morgan fingerprint density at radius 1 is 1.00 bits per heavy atom. The minimum Gasteiger partial charge on any atom is -0.497 e. The Morgan fingerprint density at radius 3 is 2.18 bits per heavy atom. The van der Waals surface area contributed by atoms with Gasteiger partial charge in [0.05, 0.1) is 13.0 Å². The lowest BCUT2D eigenvalue weighted by Gasteiger charge is -2.19. The van der Waals surface area contributed by atoms with Crippen molar-refractivity contribution >= 4 is 5.97 Å². The van der Waals surface area contributed by atoms with Crippen molar-refractivity contribution in [1.82, 2.24) is 0 Å². The van der Waals surface area contributed by atoms with Crippen LogP contribution >= 0.6 is 0 Å². The Morgan fingerprint density at radius 2 is 1.59 bits per heavy atom. The van der Waals surface area contributed by atoms with E-state index in [1.807, 2.05) is 55.5 Å². The molecular formula is C19H18O3. The van der Waals surface area contributed by atoms with Crippen molar-refractivity contribution < 1.29 is 14.3 Å². The van der Waals surface area contributed by atoms with E-state index < -0.39 is 0 Å². The lowest BCUT2D eigenvalue weighted by Crippen LogP contribution is -2.07. The molecule has 0 unspecified atom stereocenters. The van der Waals surface area contributed by atoms with Crippen LogP contribution in [-0.2, 0) is 9.53 Å². The van der Waals surface area contributed by atoms with E-state index in [1.165, 1.54) is 5.56 Å². The quantitative estimate of drug-likeness (QED) is 0.635. The number of cyclic esters (lactones) is 1. The summed E-state index contributed by atoms with van der Waals surface area (Å²) >= 11 is 0. The number of rotatable bonds is 3. The van der Waals surface area contributed by atoms with Crippen LogP contribution in [0.3, 0.4) is 0 Å². The molecule has 22 heavy (non-hydrogen) atoms. The SMILES string of the molecule is C=C1C(=O)O[C@H](c2ccc(OC)cc2)[C@H]1c1ccc(C)cc1.